The van der Waals surface area contributed by atoms with Crippen molar-refractivity contribution in [3.8, 4) is 0 Å². The Kier molecular flexibility index (Phi) is 5.04. The van der Waals surface area contributed by atoms with Crippen molar-refractivity contribution in [2.45, 2.75) is 51.0 Å². The highest BCUT2D eigenvalue weighted by Gasteiger charge is 2.41. The lowest BCUT2D eigenvalue weighted by Gasteiger charge is -2.30. The van der Waals surface area contributed by atoms with Crippen LogP contribution in [0.4, 0.5) is 13.2 Å². The minimum atomic E-state index is -4.05. The van der Waals surface area contributed by atoms with Crippen molar-refractivity contribution < 1.29 is 18.3 Å². The maximum absolute atomic E-state index is 12.5. The monoisotopic (exact) mass is 291 g/mol. The Hall–Kier alpha value is -1.08. The number of rotatable bonds is 5. The van der Waals surface area contributed by atoms with E-state index in [0.29, 0.717) is 25.9 Å². The topological polar surface area (TPSA) is 50.1 Å². The average Bonchev–Trinajstić information content (AvgIpc) is 2.84. The summed E-state index contributed by atoms with van der Waals surface area (Å²) in [6, 6.07) is 0.148. The summed E-state index contributed by atoms with van der Waals surface area (Å²) < 4.78 is 39.3. The summed E-state index contributed by atoms with van der Waals surface area (Å²) >= 11 is 0. The van der Waals surface area contributed by atoms with E-state index in [0.717, 1.165) is 5.56 Å². The fourth-order valence-corrected chi connectivity index (χ4v) is 2.61. The third kappa shape index (κ3) is 4.21. The molecule has 7 heteroatoms. The molecule has 1 aliphatic carbocycles. The summed E-state index contributed by atoms with van der Waals surface area (Å²) in [7, 11) is 0. The standard InChI is InChI=1S/C13H20F3N3O/c14-13(15,16)11-1-3-12(4-2-11)17-7-10-8-18-19(9-10)5-6-20/h8-9,11-12,17,20H,1-7H2. The molecule has 1 heterocycles. The summed E-state index contributed by atoms with van der Waals surface area (Å²) in [5.74, 6) is -1.13. The number of hydrogen-bond acceptors (Lipinski definition) is 3. The van der Waals surface area contributed by atoms with Crippen LogP contribution in [-0.2, 0) is 13.1 Å². The minimum absolute atomic E-state index is 0.0377. The largest absolute Gasteiger partial charge is 0.394 e. The van der Waals surface area contributed by atoms with Gasteiger partial charge in [-0.05, 0) is 25.7 Å². The molecule has 1 aliphatic rings. The lowest BCUT2D eigenvalue weighted by atomic mass is 9.85. The molecule has 0 radical (unpaired) electrons. The molecule has 0 saturated heterocycles. The molecule has 2 rings (SSSR count). The highest BCUT2D eigenvalue weighted by atomic mass is 19.4. The number of alkyl halides is 3. The number of nitrogens with zero attached hydrogens (tertiary/aromatic N) is 2. The third-order valence-corrected chi connectivity index (χ3v) is 3.80. The summed E-state index contributed by atoms with van der Waals surface area (Å²) in [6.07, 6.45) is 1.06. The first-order valence-corrected chi connectivity index (χ1v) is 6.91. The number of halogens is 3. The van der Waals surface area contributed by atoms with Gasteiger partial charge in [0.1, 0.15) is 0 Å². The van der Waals surface area contributed by atoms with Gasteiger partial charge < -0.3 is 10.4 Å². The van der Waals surface area contributed by atoms with E-state index in [1.807, 2.05) is 6.20 Å². The highest BCUT2D eigenvalue weighted by molar-refractivity contribution is 5.03. The normalized spacial score (nSPS) is 24.0. The van der Waals surface area contributed by atoms with Crippen molar-refractivity contribution in [1.82, 2.24) is 15.1 Å². The Morgan fingerprint density at radius 3 is 2.60 bits per heavy atom. The molecule has 1 saturated carbocycles. The van der Waals surface area contributed by atoms with Gasteiger partial charge in [-0.1, -0.05) is 0 Å². The molecule has 1 aromatic rings. The molecule has 2 N–H and O–H groups in total. The molecule has 0 bridgehead atoms. The zero-order valence-electron chi connectivity index (χ0n) is 11.2. The van der Waals surface area contributed by atoms with Crippen LogP contribution in [0.2, 0.25) is 0 Å². The summed E-state index contributed by atoms with van der Waals surface area (Å²) in [5, 5.41) is 16.1. The van der Waals surface area contributed by atoms with E-state index in [9.17, 15) is 13.2 Å². The van der Waals surface area contributed by atoms with Gasteiger partial charge in [-0.15, -0.1) is 0 Å². The van der Waals surface area contributed by atoms with Crippen LogP contribution in [0.5, 0.6) is 0 Å². The second kappa shape index (κ2) is 6.58. The van der Waals surface area contributed by atoms with Crippen molar-refractivity contribution in [2.75, 3.05) is 6.61 Å². The van der Waals surface area contributed by atoms with Gasteiger partial charge in [-0.3, -0.25) is 4.68 Å². The molecule has 0 aromatic carbocycles. The molecular formula is C13H20F3N3O. The lowest BCUT2D eigenvalue weighted by molar-refractivity contribution is -0.182. The minimum Gasteiger partial charge on any atom is -0.394 e. The van der Waals surface area contributed by atoms with E-state index in [-0.39, 0.29) is 25.5 Å². The smallest absolute Gasteiger partial charge is 0.391 e. The molecule has 0 unspecified atom stereocenters. The SMILES string of the molecule is OCCn1cc(CNC2CCC(C(F)(F)F)CC2)cn1. The highest BCUT2D eigenvalue weighted by Crippen LogP contribution is 2.37. The second-order valence-electron chi connectivity index (χ2n) is 5.31. The fourth-order valence-electron chi connectivity index (χ4n) is 2.61. The first-order chi connectivity index (χ1) is 9.49. The van der Waals surface area contributed by atoms with Crippen LogP contribution in [0.15, 0.2) is 12.4 Å². The van der Waals surface area contributed by atoms with Crippen LogP contribution < -0.4 is 5.32 Å². The van der Waals surface area contributed by atoms with Crippen molar-refractivity contribution in [3.05, 3.63) is 18.0 Å². The Morgan fingerprint density at radius 1 is 1.30 bits per heavy atom. The number of aliphatic hydroxyl groups excluding tert-OH is 1. The first kappa shape index (κ1) is 15.3. The van der Waals surface area contributed by atoms with Gasteiger partial charge in [0.2, 0.25) is 0 Å². The maximum Gasteiger partial charge on any atom is 0.391 e. The van der Waals surface area contributed by atoms with E-state index in [4.69, 9.17) is 5.11 Å². The summed E-state index contributed by atoms with van der Waals surface area (Å²) in [6.45, 7) is 1.10. The van der Waals surface area contributed by atoms with E-state index < -0.39 is 12.1 Å². The Balaban J connectivity index is 1.73. The van der Waals surface area contributed by atoms with E-state index >= 15 is 0 Å². The number of nitrogens with one attached hydrogen (secondary N) is 1. The number of aliphatic hydroxyl groups is 1. The Morgan fingerprint density at radius 2 is 2.00 bits per heavy atom. The first-order valence-electron chi connectivity index (χ1n) is 6.91. The van der Waals surface area contributed by atoms with Crippen LogP contribution in [0.25, 0.3) is 0 Å². The molecule has 1 fully saturated rings. The van der Waals surface area contributed by atoms with Crippen LogP contribution in [0, 0.1) is 5.92 Å². The summed E-state index contributed by atoms with van der Waals surface area (Å²) in [4.78, 5) is 0. The number of aromatic nitrogens is 2. The van der Waals surface area contributed by atoms with E-state index in [1.165, 1.54) is 0 Å². The van der Waals surface area contributed by atoms with Gasteiger partial charge in [-0.25, -0.2) is 0 Å². The zero-order chi connectivity index (χ0) is 14.6. The quantitative estimate of drug-likeness (QED) is 0.873. The van der Waals surface area contributed by atoms with Crippen LogP contribution in [0.3, 0.4) is 0 Å². The molecule has 0 spiro atoms. The Bertz CT molecular complexity index is 411. The van der Waals surface area contributed by atoms with Gasteiger partial charge in [0.15, 0.2) is 0 Å². The lowest BCUT2D eigenvalue weighted by Crippen LogP contribution is -2.36. The van der Waals surface area contributed by atoms with Gasteiger partial charge in [0, 0.05) is 24.3 Å². The summed E-state index contributed by atoms with van der Waals surface area (Å²) in [5.41, 5.74) is 0.983. The number of hydrogen-bond donors (Lipinski definition) is 2. The average molecular weight is 291 g/mol. The second-order valence-corrected chi connectivity index (χ2v) is 5.31. The van der Waals surface area contributed by atoms with Crippen LogP contribution in [0.1, 0.15) is 31.2 Å². The molecule has 1 aromatic heterocycles. The molecule has 4 nitrogen and oxygen atoms in total. The fraction of sp³-hybridized carbons (Fsp3) is 0.769. The molecule has 20 heavy (non-hydrogen) atoms. The van der Waals surface area contributed by atoms with Gasteiger partial charge in [-0.2, -0.15) is 18.3 Å². The van der Waals surface area contributed by atoms with Crippen molar-refractivity contribution in [2.24, 2.45) is 5.92 Å². The molecule has 0 amide bonds. The van der Waals surface area contributed by atoms with Crippen molar-refractivity contribution in [3.63, 3.8) is 0 Å². The van der Waals surface area contributed by atoms with Gasteiger partial charge >= 0.3 is 6.18 Å². The van der Waals surface area contributed by atoms with E-state index in [1.54, 1.807) is 10.9 Å². The third-order valence-electron chi connectivity index (χ3n) is 3.80. The molecule has 0 atom stereocenters. The predicted molar refractivity (Wildman–Crippen MR) is 68.0 cm³/mol. The molecule has 114 valence electrons. The van der Waals surface area contributed by atoms with Crippen molar-refractivity contribution >= 4 is 0 Å². The molecule has 0 aliphatic heterocycles. The van der Waals surface area contributed by atoms with E-state index in [2.05, 4.69) is 10.4 Å². The van der Waals surface area contributed by atoms with Gasteiger partial charge in [0.25, 0.3) is 0 Å². The van der Waals surface area contributed by atoms with Gasteiger partial charge in [0.05, 0.1) is 25.3 Å². The maximum atomic E-state index is 12.5. The van der Waals surface area contributed by atoms with Crippen LogP contribution >= 0.6 is 0 Å². The zero-order valence-corrected chi connectivity index (χ0v) is 11.2. The van der Waals surface area contributed by atoms with Crippen LogP contribution in [-0.4, -0.2) is 33.7 Å². The predicted octanol–water partition coefficient (Wildman–Crippen LogP) is 2.09. The molecular weight excluding hydrogens is 271 g/mol. The van der Waals surface area contributed by atoms with Crippen molar-refractivity contribution in [1.29, 1.82) is 0 Å². The Labute approximate surface area is 116 Å².